The first kappa shape index (κ1) is 27.6. The molecule has 0 radical (unpaired) electrons. The second-order valence-electron chi connectivity index (χ2n) is 10.7. The first-order valence-electron chi connectivity index (χ1n) is 14.0. The van der Waals surface area contributed by atoms with Crippen LogP contribution in [0.4, 0.5) is 9.59 Å². The first-order valence-corrected chi connectivity index (χ1v) is 14.3. The molecule has 1 saturated carbocycles. The number of nitrogens with zero attached hydrogens (tertiary/aromatic N) is 3. The zero-order chi connectivity index (χ0) is 26.5. The number of nitrogens with one attached hydrogen (secondary N) is 1. The highest BCUT2D eigenvalue weighted by molar-refractivity contribution is 6.30. The van der Waals surface area contributed by atoms with Crippen molar-refractivity contribution in [1.82, 2.24) is 20.0 Å². The lowest BCUT2D eigenvalue weighted by atomic mass is 9.89. The van der Waals surface area contributed by atoms with Crippen LogP contribution in [-0.4, -0.2) is 81.1 Å². The highest BCUT2D eigenvalue weighted by Crippen LogP contribution is 2.40. The van der Waals surface area contributed by atoms with Crippen molar-refractivity contribution < 1.29 is 19.5 Å². The molecule has 1 aliphatic carbocycles. The summed E-state index contributed by atoms with van der Waals surface area (Å²) in [4.78, 5) is 45.1. The van der Waals surface area contributed by atoms with E-state index in [-0.39, 0.29) is 42.5 Å². The number of carboxylic acid groups (broad SMARTS) is 1. The molecule has 2 bridgehead atoms. The summed E-state index contributed by atoms with van der Waals surface area (Å²) in [6.45, 7) is 5.44. The van der Waals surface area contributed by atoms with Crippen LogP contribution >= 0.6 is 11.6 Å². The average Bonchev–Trinajstić information content (AvgIpc) is 3.15. The fourth-order valence-electron chi connectivity index (χ4n) is 6.75. The van der Waals surface area contributed by atoms with Crippen molar-refractivity contribution in [2.45, 2.75) is 108 Å². The lowest BCUT2D eigenvalue weighted by Gasteiger charge is -2.48. The van der Waals surface area contributed by atoms with E-state index in [0.717, 1.165) is 56.9 Å². The predicted molar refractivity (Wildman–Crippen MR) is 144 cm³/mol. The molecule has 9 heteroatoms. The average molecular weight is 533 g/mol. The number of amides is 4. The molecular weight excluding hydrogens is 492 g/mol. The molecule has 37 heavy (non-hydrogen) atoms. The van der Waals surface area contributed by atoms with Crippen LogP contribution in [0.15, 0.2) is 24.3 Å². The van der Waals surface area contributed by atoms with Crippen molar-refractivity contribution in [1.29, 1.82) is 0 Å². The van der Waals surface area contributed by atoms with Crippen LogP contribution in [0.1, 0.15) is 77.2 Å². The molecule has 2 N–H and O–H groups in total. The summed E-state index contributed by atoms with van der Waals surface area (Å²) in [5.41, 5.74) is 0.854. The van der Waals surface area contributed by atoms with Crippen LogP contribution in [0.2, 0.25) is 5.02 Å². The Morgan fingerprint density at radius 2 is 1.57 bits per heavy atom. The molecule has 1 aromatic carbocycles. The molecule has 2 saturated heterocycles. The molecule has 204 valence electrons. The summed E-state index contributed by atoms with van der Waals surface area (Å²) in [5.74, 6) is -0.164. The lowest BCUT2D eigenvalue weighted by Crippen LogP contribution is -2.61. The summed E-state index contributed by atoms with van der Waals surface area (Å²) in [5, 5.41) is 12.5. The Morgan fingerprint density at radius 3 is 2.11 bits per heavy atom. The summed E-state index contributed by atoms with van der Waals surface area (Å²) >= 11 is 6.00. The number of urea groups is 1. The summed E-state index contributed by atoms with van der Waals surface area (Å²) in [6, 6.07) is 6.86. The largest absolute Gasteiger partial charge is 0.465 e. The number of hydrogen-bond acceptors (Lipinski definition) is 3. The number of rotatable bonds is 8. The van der Waals surface area contributed by atoms with Gasteiger partial charge in [-0.2, -0.15) is 0 Å². The smallest absolute Gasteiger partial charge is 0.405 e. The standard InChI is InChI=1S/C28H41ClN4O4/c1-3-31(4-2)28(37)33(21-8-6-5-7-9-21)24-17-22-14-15-23(18-24)32(22)26(34)25(30-27(35)36)16-19-10-12-20(29)13-11-19/h10-13,21-25,30H,3-9,14-18H2,1-2H3,(H,35,36)/t22?,23?,24?,25-/m1/s1. The van der Waals surface area contributed by atoms with Gasteiger partial charge in [-0.1, -0.05) is 43.0 Å². The topological polar surface area (TPSA) is 93.2 Å². The fourth-order valence-corrected chi connectivity index (χ4v) is 6.87. The van der Waals surface area contributed by atoms with Gasteiger partial charge < -0.3 is 25.1 Å². The first-order chi connectivity index (χ1) is 17.8. The van der Waals surface area contributed by atoms with Crippen molar-refractivity contribution in [2.75, 3.05) is 13.1 Å². The molecule has 2 heterocycles. The van der Waals surface area contributed by atoms with E-state index in [1.807, 2.05) is 35.8 Å². The van der Waals surface area contributed by atoms with Gasteiger partial charge in [0.2, 0.25) is 5.91 Å². The minimum atomic E-state index is -1.21. The maximum Gasteiger partial charge on any atom is 0.405 e. The predicted octanol–water partition coefficient (Wildman–Crippen LogP) is 5.14. The Bertz CT molecular complexity index is 934. The van der Waals surface area contributed by atoms with Crippen LogP contribution in [0, 0.1) is 0 Å². The Balaban J connectivity index is 1.52. The number of piperidine rings is 1. The van der Waals surface area contributed by atoms with Gasteiger partial charge in [0.1, 0.15) is 6.04 Å². The van der Waals surface area contributed by atoms with Gasteiger partial charge in [-0.3, -0.25) is 4.79 Å². The number of fused-ring (bicyclic) bond motifs is 2. The molecule has 2 unspecified atom stereocenters. The minimum absolute atomic E-state index is 0.0233. The molecule has 4 rings (SSSR count). The molecule has 3 fully saturated rings. The molecular formula is C28H41ClN4O4. The maximum atomic E-state index is 13.8. The Labute approximate surface area is 225 Å². The number of hydrogen-bond donors (Lipinski definition) is 2. The number of carbonyl (C=O) groups is 3. The second kappa shape index (κ2) is 12.4. The van der Waals surface area contributed by atoms with Gasteiger partial charge in [-0.15, -0.1) is 0 Å². The van der Waals surface area contributed by atoms with E-state index in [0.29, 0.717) is 18.1 Å². The van der Waals surface area contributed by atoms with Gasteiger partial charge in [-0.25, -0.2) is 9.59 Å². The summed E-state index contributed by atoms with van der Waals surface area (Å²) in [6.07, 6.45) is 8.01. The molecule has 0 spiro atoms. The van der Waals surface area contributed by atoms with Crippen LogP contribution in [0.3, 0.4) is 0 Å². The monoisotopic (exact) mass is 532 g/mol. The molecule has 1 aromatic rings. The van der Waals surface area contributed by atoms with Crippen molar-refractivity contribution in [3.8, 4) is 0 Å². The number of carbonyl (C=O) groups excluding carboxylic acids is 2. The third-order valence-electron chi connectivity index (χ3n) is 8.53. The second-order valence-corrected chi connectivity index (χ2v) is 11.2. The van der Waals surface area contributed by atoms with Crippen LogP contribution in [0.5, 0.6) is 0 Å². The normalized spacial score (nSPS) is 24.4. The maximum absolute atomic E-state index is 13.8. The highest BCUT2D eigenvalue weighted by Gasteiger charge is 2.48. The van der Waals surface area contributed by atoms with Gasteiger partial charge in [0, 0.05) is 48.7 Å². The molecule has 3 atom stereocenters. The van der Waals surface area contributed by atoms with Crippen molar-refractivity contribution in [2.24, 2.45) is 0 Å². The van der Waals surface area contributed by atoms with Crippen molar-refractivity contribution in [3.05, 3.63) is 34.9 Å². The van der Waals surface area contributed by atoms with E-state index < -0.39 is 12.1 Å². The van der Waals surface area contributed by atoms with Crippen LogP contribution in [0.25, 0.3) is 0 Å². The van der Waals surface area contributed by atoms with Gasteiger partial charge in [-0.05, 0) is 70.1 Å². The van der Waals surface area contributed by atoms with Gasteiger partial charge in [0.25, 0.3) is 0 Å². The van der Waals surface area contributed by atoms with Crippen LogP contribution < -0.4 is 5.32 Å². The van der Waals surface area contributed by atoms with E-state index >= 15 is 0 Å². The molecule has 4 amide bonds. The van der Waals surface area contributed by atoms with Gasteiger partial charge in [0.15, 0.2) is 0 Å². The third-order valence-corrected chi connectivity index (χ3v) is 8.78. The van der Waals surface area contributed by atoms with Crippen molar-refractivity contribution >= 4 is 29.6 Å². The molecule has 8 nitrogen and oxygen atoms in total. The van der Waals surface area contributed by atoms with E-state index in [4.69, 9.17) is 11.6 Å². The van der Waals surface area contributed by atoms with E-state index in [1.165, 1.54) is 6.42 Å². The molecule has 2 aliphatic heterocycles. The van der Waals surface area contributed by atoms with E-state index in [1.54, 1.807) is 12.1 Å². The van der Waals surface area contributed by atoms with Crippen LogP contribution in [-0.2, 0) is 11.2 Å². The number of halogens is 1. The van der Waals surface area contributed by atoms with Gasteiger partial charge >= 0.3 is 12.1 Å². The quantitative estimate of drug-likeness (QED) is 0.485. The summed E-state index contributed by atoms with van der Waals surface area (Å²) < 4.78 is 0. The minimum Gasteiger partial charge on any atom is -0.465 e. The van der Waals surface area contributed by atoms with E-state index in [9.17, 15) is 19.5 Å². The third kappa shape index (κ3) is 6.33. The zero-order valence-corrected chi connectivity index (χ0v) is 22.8. The van der Waals surface area contributed by atoms with Crippen molar-refractivity contribution in [3.63, 3.8) is 0 Å². The lowest BCUT2D eigenvalue weighted by molar-refractivity contribution is -0.138. The SMILES string of the molecule is CCN(CC)C(=O)N(C1CCCCC1)C1CC2CCC(C1)N2C(=O)[C@@H](Cc1ccc(Cl)cc1)NC(=O)O. The van der Waals surface area contributed by atoms with E-state index in [2.05, 4.69) is 10.2 Å². The molecule has 0 aromatic heterocycles. The zero-order valence-electron chi connectivity index (χ0n) is 22.1. The highest BCUT2D eigenvalue weighted by atomic mass is 35.5. The Morgan fingerprint density at radius 1 is 0.973 bits per heavy atom. The van der Waals surface area contributed by atoms with Gasteiger partial charge in [0.05, 0.1) is 0 Å². The fraction of sp³-hybridized carbons (Fsp3) is 0.679. The Hall–Kier alpha value is -2.48. The molecule has 3 aliphatic rings. The Kier molecular flexibility index (Phi) is 9.22. The summed E-state index contributed by atoms with van der Waals surface area (Å²) in [7, 11) is 0. The number of benzene rings is 1.